The summed E-state index contributed by atoms with van der Waals surface area (Å²) in [6.45, 7) is 2.54. The minimum atomic E-state index is -0.852. The third-order valence-electron chi connectivity index (χ3n) is 6.30. The standard InChI is InChI=1S/C26H24F2N4O3S/c1-5-31-23-15(12-29-25-17(23)10-18(30-25)14-6-8-16(33-2)9-7-14)13-32(26(31)36)24-21(27)19(34-3)11-20(35-4)22(24)28/h6-12H,5,13H2,1-4H3,(H,29,30). The van der Waals surface area contributed by atoms with E-state index in [1.54, 1.807) is 13.3 Å². The van der Waals surface area contributed by atoms with Crippen LogP contribution in [0.1, 0.15) is 12.5 Å². The van der Waals surface area contributed by atoms with E-state index in [4.69, 9.17) is 26.4 Å². The molecule has 4 aromatic rings. The lowest BCUT2D eigenvalue weighted by atomic mass is 10.1. The van der Waals surface area contributed by atoms with Gasteiger partial charge >= 0.3 is 0 Å². The Bertz CT molecular complexity index is 1440. The molecule has 0 amide bonds. The second kappa shape index (κ2) is 9.27. The predicted molar refractivity (Wildman–Crippen MR) is 139 cm³/mol. The first-order valence-electron chi connectivity index (χ1n) is 11.3. The molecular weight excluding hydrogens is 486 g/mol. The second-order valence-corrected chi connectivity index (χ2v) is 8.54. The molecule has 3 heterocycles. The van der Waals surface area contributed by atoms with Crippen LogP contribution in [0.4, 0.5) is 20.2 Å². The fraction of sp³-hybridized carbons (Fsp3) is 0.231. The van der Waals surface area contributed by atoms with Gasteiger partial charge in [-0.2, -0.15) is 0 Å². The fourth-order valence-electron chi connectivity index (χ4n) is 4.52. The molecule has 0 saturated carbocycles. The second-order valence-electron chi connectivity index (χ2n) is 8.18. The van der Waals surface area contributed by atoms with Crippen LogP contribution in [0.3, 0.4) is 0 Å². The largest absolute Gasteiger partial charge is 0.497 e. The van der Waals surface area contributed by atoms with Gasteiger partial charge in [-0.05, 0) is 55.0 Å². The maximum absolute atomic E-state index is 15.3. The van der Waals surface area contributed by atoms with Crippen LogP contribution < -0.4 is 24.0 Å². The summed E-state index contributed by atoms with van der Waals surface area (Å²) in [5, 5.41) is 1.13. The third-order valence-corrected chi connectivity index (χ3v) is 6.74. The number of fused-ring (bicyclic) bond motifs is 3. The molecule has 0 bridgehead atoms. The van der Waals surface area contributed by atoms with Gasteiger partial charge in [-0.3, -0.25) is 0 Å². The normalized spacial score (nSPS) is 13.2. The number of aromatic amines is 1. The van der Waals surface area contributed by atoms with Crippen molar-refractivity contribution >= 4 is 39.7 Å². The molecule has 186 valence electrons. The molecule has 2 aromatic carbocycles. The zero-order chi connectivity index (χ0) is 25.6. The van der Waals surface area contributed by atoms with Gasteiger partial charge in [0.2, 0.25) is 0 Å². The Labute approximate surface area is 212 Å². The van der Waals surface area contributed by atoms with E-state index in [2.05, 4.69) is 9.97 Å². The van der Waals surface area contributed by atoms with Crippen molar-refractivity contribution in [3.63, 3.8) is 0 Å². The number of thiocarbonyl (C=S) groups is 1. The number of aromatic nitrogens is 2. The zero-order valence-corrected chi connectivity index (χ0v) is 21.0. The van der Waals surface area contributed by atoms with E-state index in [1.807, 2.05) is 42.2 Å². The van der Waals surface area contributed by atoms with Crippen molar-refractivity contribution in [2.24, 2.45) is 0 Å². The van der Waals surface area contributed by atoms with Crippen molar-refractivity contribution in [2.75, 3.05) is 37.7 Å². The molecule has 0 fully saturated rings. The van der Waals surface area contributed by atoms with Gasteiger partial charge in [0.05, 0.1) is 33.6 Å². The summed E-state index contributed by atoms with van der Waals surface area (Å²) in [7, 11) is 4.25. The first-order valence-corrected chi connectivity index (χ1v) is 11.7. The van der Waals surface area contributed by atoms with Crippen LogP contribution >= 0.6 is 12.2 Å². The van der Waals surface area contributed by atoms with Gasteiger partial charge in [0, 0.05) is 35.5 Å². The Balaban J connectivity index is 1.64. The highest BCUT2D eigenvalue weighted by atomic mass is 32.1. The molecule has 5 rings (SSSR count). The first-order chi connectivity index (χ1) is 17.4. The average Bonchev–Trinajstić information content (AvgIpc) is 3.34. The fourth-order valence-corrected chi connectivity index (χ4v) is 4.90. The summed E-state index contributed by atoms with van der Waals surface area (Å²) in [6.07, 6.45) is 1.70. The number of pyridine rings is 1. The van der Waals surface area contributed by atoms with Crippen LogP contribution in [-0.4, -0.2) is 43.0 Å². The van der Waals surface area contributed by atoms with Crippen molar-refractivity contribution in [3.05, 3.63) is 59.8 Å². The SMILES string of the molecule is CCN1C(=S)N(c2c(F)c(OC)cc(OC)c2F)Cc2cnc3[nH]c(-c4ccc(OC)cc4)cc3c21. The van der Waals surface area contributed by atoms with Crippen LogP contribution in [0.15, 0.2) is 42.6 Å². The van der Waals surface area contributed by atoms with Gasteiger partial charge in [-0.15, -0.1) is 0 Å². The third kappa shape index (κ3) is 3.69. The molecule has 10 heteroatoms. The molecule has 7 nitrogen and oxygen atoms in total. The number of methoxy groups -OCH3 is 3. The lowest BCUT2D eigenvalue weighted by Crippen LogP contribution is -2.48. The van der Waals surface area contributed by atoms with Gasteiger partial charge in [0.1, 0.15) is 17.1 Å². The zero-order valence-electron chi connectivity index (χ0n) is 20.2. The summed E-state index contributed by atoms with van der Waals surface area (Å²) < 4.78 is 46.2. The maximum Gasteiger partial charge on any atom is 0.192 e. The van der Waals surface area contributed by atoms with Crippen LogP contribution in [0, 0.1) is 11.6 Å². The topological polar surface area (TPSA) is 62.8 Å². The summed E-state index contributed by atoms with van der Waals surface area (Å²) in [4.78, 5) is 11.2. The smallest absolute Gasteiger partial charge is 0.192 e. The Morgan fingerprint density at radius 3 is 2.22 bits per heavy atom. The molecule has 0 radical (unpaired) electrons. The Hall–Kier alpha value is -3.92. The Morgan fingerprint density at radius 2 is 1.64 bits per heavy atom. The van der Waals surface area contributed by atoms with Crippen LogP contribution in [0.2, 0.25) is 0 Å². The number of halogens is 2. The van der Waals surface area contributed by atoms with Crippen molar-refractivity contribution in [1.82, 2.24) is 9.97 Å². The predicted octanol–water partition coefficient (Wildman–Crippen LogP) is 5.67. The van der Waals surface area contributed by atoms with Crippen molar-refractivity contribution in [1.29, 1.82) is 0 Å². The van der Waals surface area contributed by atoms with Gasteiger partial charge in [-0.1, -0.05) is 0 Å². The van der Waals surface area contributed by atoms with E-state index in [9.17, 15) is 0 Å². The number of rotatable bonds is 6. The number of nitrogens with zero attached hydrogens (tertiary/aromatic N) is 3. The van der Waals surface area contributed by atoms with Crippen molar-refractivity contribution in [2.45, 2.75) is 13.5 Å². The van der Waals surface area contributed by atoms with E-state index in [1.165, 1.54) is 25.2 Å². The molecule has 0 saturated heterocycles. The highest BCUT2D eigenvalue weighted by molar-refractivity contribution is 7.80. The molecule has 1 aliphatic rings. The summed E-state index contributed by atoms with van der Waals surface area (Å²) in [6, 6.07) is 10.9. The molecule has 0 atom stereocenters. The minimum absolute atomic E-state index is 0.126. The molecule has 36 heavy (non-hydrogen) atoms. The molecule has 0 unspecified atom stereocenters. The van der Waals surface area contributed by atoms with E-state index >= 15 is 8.78 Å². The van der Waals surface area contributed by atoms with Crippen LogP contribution in [0.5, 0.6) is 17.2 Å². The van der Waals surface area contributed by atoms with Gasteiger partial charge < -0.3 is 29.0 Å². The van der Waals surface area contributed by atoms with Crippen molar-refractivity contribution < 1.29 is 23.0 Å². The Morgan fingerprint density at radius 1 is 0.972 bits per heavy atom. The number of anilines is 2. The van der Waals surface area contributed by atoms with E-state index in [0.29, 0.717) is 12.2 Å². The molecule has 0 aliphatic carbocycles. The number of H-pyrrole nitrogens is 1. The molecule has 0 spiro atoms. The molecule has 1 aliphatic heterocycles. The van der Waals surface area contributed by atoms with Crippen LogP contribution in [-0.2, 0) is 6.54 Å². The van der Waals surface area contributed by atoms with Crippen LogP contribution in [0.25, 0.3) is 22.3 Å². The molecular formula is C26H24F2N4O3S. The highest BCUT2D eigenvalue weighted by Gasteiger charge is 2.35. The van der Waals surface area contributed by atoms with Gasteiger partial charge in [0.25, 0.3) is 0 Å². The number of nitrogens with one attached hydrogen (secondary N) is 1. The van der Waals surface area contributed by atoms with Gasteiger partial charge in [0.15, 0.2) is 28.2 Å². The van der Waals surface area contributed by atoms with Crippen molar-refractivity contribution in [3.8, 4) is 28.5 Å². The summed E-state index contributed by atoms with van der Waals surface area (Å²) in [5.41, 5.74) is 3.85. The number of ether oxygens (including phenoxy) is 3. The lowest BCUT2D eigenvalue weighted by Gasteiger charge is -2.39. The summed E-state index contributed by atoms with van der Waals surface area (Å²) >= 11 is 5.77. The lowest BCUT2D eigenvalue weighted by molar-refractivity contribution is 0.359. The minimum Gasteiger partial charge on any atom is -0.497 e. The highest BCUT2D eigenvalue weighted by Crippen LogP contribution is 2.43. The summed E-state index contributed by atoms with van der Waals surface area (Å²) in [5.74, 6) is -1.21. The van der Waals surface area contributed by atoms with E-state index in [0.717, 1.165) is 33.6 Å². The number of hydrogen-bond donors (Lipinski definition) is 1. The monoisotopic (exact) mass is 510 g/mol. The molecule has 1 N–H and O–H groups in total. The average molecular weight is 511 g/mol. The number of benzene rings is 2. The van der Waals surface area contributed by atoms with Gasteiger partial charge in [-0.25, -0.2) is 13.8 Å². The first kappa shape index (κ1) is 23.8. The Kier molecular flexibility index (Phi) is 6.13. The maximum atomic E-state index is 15.3. The van der Waals surface area contributed by atoms with E-state index in [-0.39, 0.29) is 28.8 Å². The number of hydrogen-bond acceptors (Lipinski definition) is 5. The van der Waals surface area contributed by atoms with E-state index < -0.39 is 11.6 Å². The molecule has 2 aromatic heterocycles. The quantitative estimate of drug-likeness (QED) is 0.336.